The van der Waals surface area contributed by atoms with Crippen molar-refractivity contribution in [2.45, 2.75) is 39.0 Å². The maximum absolute atomic E-state index is 12.8. The molecule has 0 aromatic heterocycles. The average Bonchev–Trinajstić information content (AvgIpc) is 2.76. The van der Waals surface area contributed by atoms with Crippen molar-refractivity contribution >= 4 is 17.5 Å². The van der Waals surface area contributed by atoms with Crippen LogP contribution in [0.25, 0.3) is 0 Å². The van der Waals surface area contributed by atoms with Gasteiger partial charge in [-0.05, 0) is 44.2 Å². The molecule has 3 atom stereocenters. The molecule has 2 aliphatic heterocycles. The summed E-state index contributed by atoms with van der Waals surface area (Å²) in [7, 11) is 0. The van der Waals surface area contributed by atoms with E-state index in [2.05, 4.69) is 5.32 Å². The zero-order valence-electron chi connectivity index (χ0n) is 18.4. The molecule has 2 amide bonds. The SMILES string of the molecule is Cc1ccc(NC(=O)C[NH+]2CCN(C(=O)C[NH+]3CC[C@@H]4CCCC[C@@H]4C3)CC2)cc1. The normalized spacial score (nSPS) is 27.4. The minimum atomic E-state index is 0.0495. The van der Waals surface area contributed by atoms with Crippen LogP contribution in [0.4, 0.5) is 5.69 Å². The molecule has 3 fully saturated rings. The number of quaternary nitrogens is 2. The topological polar surface area (TPSA) is 58.3 Å². The second-order valence-electron chi connectivity index (χ2n) is 9.70. The fourth-order valence-electron chi connectivity index (χ4n) is 5.60. The second-order valence-corrected chi connectivity index (χ2v) is 9.70. The van der Waals surface area contributed by atoms with Crippen LogP contribution in [0, 0.1) is 18.8 Å². The lowest BCUT2D eigenvalue weighted by molar-refractivity contribution is -0.904. The minimum absolute atomic E-state index is 0.0495. The van der Waals surface area contributed by atoms with Crippen molar-refractivity contribution in [3.05, 3.63) is 29.8 Å². The Kier molecular flexibility index (Phi) is 7.05. The number of rotatable bonds is 5. The number of piperidine rings is 1. The van der Waals surface area contributed by atoms with Crippen LogP contribution in [0.5, 0.6) is 0 Å². The molecule has 6 heteroatoms. The molecule has 1 saturated carbocycles. The van der Waals surface area contributed by atoms with Crippen LogP contribution in [0.15, 0.2) is 24.3 Å². The third-order valence-electron chi connectivity index (χ3n) is 7.46. The lowest BCUT2D eigenvalue weighted by Gasteiger charge is -2.39. The Morgan fingerprint density at radius 1 is 0.933 bits per heavy atom. The first-order valence-corrected chi connectivity index (χ1v) is 11.9. The van der Waals surface area contributed by atoms with E-state index < -0.39 is 0 Å². The van der Waals surface area contributed by atoms with Gasteiger partial charge >= 0.3 is 0 Å². The number of nitrogens with zero attached hydrogens (tertiary/aromatic N) is 1. The standard InChI is InChI=1S/C24H36N4O2/c1-19-6-8-22(9-7-19)25-23(29)17-26-12-14-28(15-13-26)24(30)18-27-11-10-20-4-2-3-5-21(20)16-27/h6-9,20-21H,2-5,10-18H2,1H3,(H,25,29)/p+2/t20-,21+/m0/s1. The quantitative estimate of drug-likeness (QED) is 0.623. The van der Waals surface area contributed by atoms with E-state index in [9.17, 15) is 9.59 Å². The lowest BCUT2D eigenvalue weighted by atomic mass is 9.75. The highest BCUT2D eigenvalue weighted by Gasteiger charge is 2.35. The van der Waals surface area contributed by atoms with Gasteiger partial charge in [0, 0.05) is 11.6 Å². The van der Waals surface area contributed by atoms with Gasteiger partial charge in [0.2, 0.25) is 0 Å². The molecule has 1 unspecified atom stereocenters. The van der Waals surface area contributed by atoms with Crippen molar-refractivity contribution in [2.75, 3.05) is 57.7 Å². The number of anilines is 1. The van der Waals surface area contributed by atoms with Crippen LogP contribution in [0.2, 0.25) is 0 Å². The molecule has 1 aromatic carbocycles. The predicted molar refractivity (Wildman–Crippen MR) is 118 cm³/mol. The summed E-state index contributed by atoms with van der Waals surface area (Å²) < 4.78 is 0. The number of fused-ring (bicyclic) bond motifs is 1. The molecule has 3 aliphatic rings. The van der Waals surface area contributed by atoms with Gasteiger partial charge in [0.25, 0.3) is 11.8 Å². The smallest absolute Gasteiger partial charge is 0.279 e. The maximum Gasteiger partial charge on any atom is 0.279 e. The van der Waals surface area contributed by atoms with E-state index in [1.54, 1.807) is 0 Å². The Labute approximate surface area is 180 Å². The van der Waals surface area contributed by atoms with E-state index in [1.165, 1.54) is 54.0 Å². The van der Waals surface area contributed by atoms with Gasteiger partial charge in [-0.25, -0.2) is 0 Å². The van der Waals surface area contributed by atoms with Gasteiger partial charge in [-0.3, -0.25) is 9.59 Å². The van der Waals surface area contributed by atoms with E-state index in [0.717, 1.165) is 50.2 Å². The third kappa shape index (κ3) is 5.61. The number of hydrogen-bond donors (Lipinski definition) is 3. The molecular formula is C24H38N4O2+2. The summed E-state index contributed by atoms with van der Waals surface area (Å²) in [6.07, 6.45) is 6.88. The summed E-state index contributed by atoms with van der Waals surface area (Å²) in [5.74, 6) is 2.13. The van der Waals surface area contributed by atoms with E-state index in [-0.39, 0.29) is 5.91 Å². The van der Waals surface area contributed by atoms with Crippen molar-refractivity contribution in [1.29, 1.82) is 0 Å². The summed E-state index contributed by atoms with van der Waals surface area (Å²) in [6.45, 7) is 8.77. The first kappa shape index (κ1) is 21.3. The highest BCUT2D eigenvalue weighted by atomic mass is 16.2. The van der Waals surface area contributed by atoms with Crippen molar-refractivity contribution in [2.24, 2.45) is 11.8 Å². The van der Waals surface area contributed by atoms with Crippen LogP contribution < -0.4 is 15.1 Å². The number of hydrogen-bond acceptors (Lipinski definition) is 2. The number of carbonyl (C=O) groups is 2. The third-order valence-corrected chi connectivity index (χ3v) is 7.46. The number of likely N-dealkylation sites (tertiary alicyclic amines) is 1. The molecule has 2 heterocycles. The largest absolute Gasteiger partial charge is 0.327 e. The summed E-state index contributed by atoms with van der Waals surface area (Å²) in [5.41, 5.74) is 2.04. The second kappa shape index (κ2) is 9.92. The molecule has 1 aliphatic carbocycles. The predicted octanol–water partition coefficient (Wildman–Crippen LogP) is -0.244. The molecule has 3 N–H and O–H groups in total. The number of carbonyl (C=O) groups excluding carboxylic acids is 2. The van der Waals surface area contributed by atoms with Gasteiger partial charge in [0.05, 0.1) is 39.3 Å². The van der Waals surface area contributed by atoms with Crippen LogP contribution in [-0.4, -0.2) is 69.1 Å². The van der Waals surface area contributed by atoms with Gasteiger partial charge in [-0.2, -0.15) is 0 Å². The Hall–Kier alpha value is -1.92. The zero-order valence-corrected chi connectivity index (χ0v) is 18.4. The fraction of sp³-hybridized carbons (Fsp3) is 0.667. The molecular weight excluding hydrogens is 376 g/mol. The number of benzene rings is 1. The zero-order chi connectivity index (χ0) is 20.9. The monoisotopic (exact) mass is 414 g/mol. The molecule has 164 valence electrons. The highest BCUT2D eigenvalue weighted by Crippen LogP contribution is 2.32. The number of amides is 2. The molecule has 0 spiro atoms. The molecule has 6 nitrogen and oxygen atoms in total. The van der Waals surface area contributed by atoms with Gasteiger partial charge in [-0.15, -0.1) is 0 Å². The molecule has 0 bridgehead atoms. The number of aryl methyl sites for hydroxylation is 1. The summed E-state index contributed by atoms with van der Waals surface area (Å²) in [6, 6.07) is 7.90. The molecule has 1 aromatic rings. The van der Waals surface area contributed by atoms with Crippen molar-refractivity contribution in [3.63, 3.8) is 0 Å². The van der Waals surface area contributed by atoms with Gasteiger partial charge < -0.3 is 20.0 Å². The Morgan fingerprint density at radius 2 is 1.63 bits per heavy atom. The molecule has 0 radical (unpaired) electrons. The maximum atomic E-state index is 12.8. The van der Waals surface area contributed by atoms with Crippen molar-refractivity contribution in [1.82, 2.24) is 4.90 Å². The van der Waals surface area contributed by atoms with E-state index in [4.69, 9.17) is 0 Å². The first-order chi connectivity index (χ1) is 14.6. The van der Waals surface area contributed by atoms with E-state index >= 15 is 0 Å². The summed E-state index contributed by atoms with van der Waals surface area (Å²) in [5, 5.41) is 2.98. The van der Waals surface area contributed by atoms with Gasteiger partial charge in [0.1, 0.15) is 0 Å². The highest BCUT2D eigenvalue weighted by molar-refractivity contribution is 5.91. The molecule has 4 rings (SSSR count). The van der Waals surface area contributed by atoms with Crippen LogP contribution >= 0.6 is 0 Å². The minimum Gasteiger partial charge on any atom is -0.327 e. The van der Waals surface area contributed by atoms with Crippen LogP contribution in [0.3, 0.4) is 0 Å². The molecule has 30 heavy (non-hydrogen) atoms. The number of nitrogens with one attached hydrogen (secondary N) is 3. The van der Waals surface area contributed by atoms with E-state index in [1.807, 2.05) is 36.1 Å². The molecule has 2 saturated heterocycles. The van der Waals surface area contributed by atoms with Gasteiger partial charge in [-0.1, -0.05) is 30.5 Å². The summed E-state index contributed by atoms with van der Waals surface area (Å²) >= 11 is 0. The van der Waals surface area contributed by atoms with Crippen molar-refractivity contribution in [3.8, 4) is 0 Å². The lowest BCUT2D eigenvalue weighted by Crippen LogP contribution is -3.16. The summed E-state index contributed by atoms with van der Waals surface area (Å²) in [4.78, 5) is 30.0. The Balaban J connectivity index is 1.17. The van der Waals surface area contributed by atoms with Crippen LogP contribution in [-0.2, 0) is 9.59 Å². The van der Waals surface area contributed by atoms with Crippen molar-refractivity contribution < 1.29 is 19.4 Å². The van der Waals surface area contributed by atoms with Gasteiger partial charge in [0.15, 0.2) is 13.1 Å². The Bertz CT molecular complexity index is 727. The first-order valence-electron chi connectivity index (χ1n) is 11.9. The fourth-order valence-corrected chi connectivity index (χ4v) is 5.60. The van der Waals surface area contributed by atoms with E-state index in [0.29, 0.717) is 19.0 Å². The van der Waals surface area contributed by atoms with Crippen LogP contribution in [0.1, 0.15) is 37.7 Å². The average molecular weight is 415 g/mol. The number of piperazine rings is 1. The Morgan fingerprint density at radius 3 is 2.37 bits per heavy atom.